The first kappa shape index (κ1) is 19.3. The van der Waals surface area contributed by atoms with Crippen LogP contribution in [0.25, 0.3) is 0 Å². The number of rotatable bonds is 4. The average molecular weight is 382 g/mol. The second kappa shape index (κ2) is 8.51. The van der Waals surface area contributed by atoms with E-state index in [0.29, 0.717) is 42.9 Å². The van der Waals surface area contributed by atoms with E-state index in [0.717, 1.165) is 0 Å². The highest BCUT2D eigenvalue weighted by Gasteiger charge is 2.28. The first-order valence-electron chi connectivity index (χ1n) is 9.11. The topological polar surface area (TPSA) is 105 Å². The lowest BCUT2D eigenvalue weighted by Crippen LogP contribution is -2.45. The summed E-state index contributed by atoms with van der Waals surface area (Å²) in [5.74, 6) is -0.606. The van der Waals surface area contributed by atoms with Crippen molar-refractivity contribution in [1.82, 2.24) is 4.90 Å². The molecule has 146 valence electrons. The Bertz CT molecular complexity index is 885. The number of hydrogen-bond acceptors (Lipinski definition) is 4. The van der Waals surface area contributed by atoms with Crippen molar-refractivity contribution in [1.29, 1.82) is 0 Å². The molecule has 2 N–H and O–H groups in total. The molecular weight excluding hydrogens is 360 g/mol. The molecule has 0 aromatic heterocycles. The van der Waals surface area contributed by atoms with Crippen LogP contribution >= 0.6 is 0 Å². The summed E-state index contributed by atoms with van der Waals surface area (Å²) >= 11 is 0. The van der Waals surface area contributed by atoms with E-state index in [1.807, 2.05) is 18.2 Å². The maximum absolute atomic E-state index is 12.6. The van der Waals surface area contributed by atoms with Gasteiger partial charge in [0.2, 0.25) is 5.91 Å². The highest BCUT2D eigenvalue weighted by Crippen LogP contribution is 2.24. The highest BCUT2D eigenvalue weighted by atomic mass is 16.6. The zero-order valence-corrected chi connectivity index (χ0v) is 15.6. The van der Waals surface area contributed by atoms with E-state index in [-0.39, 0.29) is 23.5 Å². The Morgan fingerprint density at radius 3 is 2.57 bits per heavy atom. The lowest BCUT2D eigenvalue weighted by atomic mass is 9.97. The Morgan fingerprint density at radius 2 is 1.86 bits per heavy atom. The number of carbonyl (C=O) groups excluding carboxylic acids is 2. The summed E-state index contributed by atoms with van der Waals surface area (Å²) in [6.07, 6.45) is 1.38. The number of nitrogens with one attached hydrogen (secondary N) is 2. The highest BCUT2D eigenvalue weighted by molar-refractivity contribution is 5.94. The van der Waals surface area contributed by atoms with E-state index < -0.39 is 4.92 Å². The Labute approximate surface area is 162 Å². The number of aryl methyl sites for hydroxylation is 1. The standard InChI is InChI=1S/C20H22N4O4/c1-14-9-10-17(12-18(14)24(27)28)21-19(25)15-6-5-11-23(13-15)20(26)22-16-7-3-2-4-8-16/h2-4,7-10,12,15H,5-6,11,13H2,1H3,(H,21,25)(H,22,26). The van der Waals surface area contributed by atoms with Gasteiger partial charge in [-0.2, -0.15) is 0 Å². The molecule has 1 saturated heterocycles. The molecule has 0 bridgehead atoms. The summed E-state index contributed by atoms with van der Waals surface area (Å²) in [5.41, 5.74) is 1.58. The molecule has 0 saturated carbocycles. The van der Waals surface area contributed by atoms with Gasteiger partial charge in [-0.15, -0.1) is 0 Å². The number of amides is 3. The normalized spacial score (nSPS) is 16.3. The largest absolute Gasteiger partial charge is 0.326 e. The van der Waals surface area contributed by atoms with Gasteiger partial charge in [0.1, 0.15) is 0 Å². The summed E-state index contributed by atoms with van der Waals surface area (Å²) in [6.45, 7) is 2.53. The first-order chi connectivity index (χ1) is 13.4. The van der Waals surface area contributed by atoms with E-state index in [4.69, 9.17) is 0 Å². The lowest BCUT2D eigenvalue weighted by Gasteiger charge is -2.32. The third-order valence-corrected chi connectivity index (χ3v) is 4.78. The Hall–Kier alpha value is -3.42. The molecule has 2 aromatic carbocycles. The van der Waals surface area contributed by atoms with Crippen molar-refractivity contribution >= 4 is 29.0 Å². The van der Waals surface area contributed by atoms with Gasteiger partial charge in [0, 0.05) is 36.1 Å². The van der Waals surface area contributed by atoms with Crippen LogP contribution in [0.2, 0.25) is 0 Å². The maximum atomic E-state index is 12.6. The van der Waals surface area contributed by atoms with Crippen molar-refractivity contribution in [3.8, 4) is 0 Å². The molecule has 3 rings (SSSR count). The van der Waals surface area contributed by atoms with Gasteiger partial charge >= 0.3 is 6.03 Å². The number of benzene rings is 2. The molecule has 0 spiro atoms. The van der Waals surface area contributed by atoms with Crippen molar-refractivity contribution in [3.05, 3.63) is 64.2 Å². The number of likely N-dealkylation sites (tertiary alicyclic amines) is 1. The van der Waals surface area contributed by atoms with Crippen molar-refractivity contribution in [2.75, 3.05) is 23.7 Å². The number of nitro groups is 1. The van der Waals surface area contributed by atoms with Crippen LogP contribution in [-0.4, -0.2) is 34.9 Å². The zero-order valence-electron chi connectivity index (χ0n) is 15.6. The average Bonchev–Trinajstić information content (AvgIpc) is 2.70. The van der Waals surface area contributed by atoms with Crippen LogP contribution in [0, 0.1) is 23.0 Å². The van der Waals surface area contributed by atoms with E-state index in [2.05, 4.69) is 10.6 Å². The molecule has 1 unspecified atom stereocenters. The van der Waals surface area contributed by atoms with Gasteiger partial charge in [-0.1, -0.05) is 24.3 Å². The molecular formula is C20H22N4O4. The number of carbonyl (C=O) groups is 2. The molecule has 3 amide bonds. The fraction of sp³-hybridized carbons (Fsp3) is 0.300. The van der Waals surface area contributed by atoms with Gasteiger partial charge in [0.15, 0.2) is 0 Å². The summed E-state index contributed by atoms with van der Waals surface area (Å²) in [7, 11) is 0. The molecule has 1 aliphatic rings. The number of para-hydroxylation sites is 1. The van der Waals surface area contributed by atoms with Crippen LogP contribution in [0.15, 0.2) is 48.5 Å². The Kier molecular flexibility index (Phi) is 5.88. The third-order valence-electron chi connectivity index (χ3n) is 4.78. The Morgan fingerprint density at radius 1 is 1.11 bits per heavy atom. The second-order valence-corrected chi connectivity index (χ2v) is 6.83. The maximum Gasteiger partial charge on any atom is 0.321 e. The summed E-state index contributed by atoms with van der Waals surface area (Å²) in [6, 6.07) is 13.5. The van der Waals surface area contributed by atoms with E-state index >= 15 is 0 Å². The van der Waals surface area contributed by atoms with Crippen LogP contribution in [0.3, 0.4) is 0 Å². The SMILES string of the molecule is Cc1ccc(NC(=O)C2CCCN(C(=O)Nc3ccccc3)C2)cc1[N+](=O)[O-]. The number of nitrogens with zero attached hydrogens (tertiary/aromatic N) is 2. The first-order valence-corrected chi connectivity index (χ1v) is 9.11. The summed E-state index contributed by atoms with van der Waals surface area (Å²) in [4.78, 5) is 37.3. The van der Waals surface area contributed by atoms with Crippen molar-refractivity contribution in [2.24, 2.45) is 5.92 Å². The van der Waals surface area contributed by atoms with E-state index in [1.54, 1.807) is 36.1 Å². The van der Waals surface area contributed by atoms with Crippen molar-refractivity contribution in [3.63, 3.8) is 0 Å². The minimum Gasteiger partial charge on any atom is -0.326 e. The number of piperidine rings is 1. The molecule has 8 heteroatoms. The Balaban J connectivity index is 1.62. The van der Waals surface area contributed by atoms with Crippen LogP contribution < -0.4 is 10.6 Å². The van der Waals surface area contributed by atoms with Crippen LogP contribution in [-0.2, 0) is 4.79 Å². The van der Waals surface area contributed by atoms with E-state index in [1.165, 1.54) is 6.07 Å². The summed E-state index contributed by atoms with van der Waals surface area (Å²) in [5, 5.41) is 16.6. The van der Waals surface area contributed by atoms with Crippen LogP contribution in [0.4, 0.5) is 21.9 Å². The van der Waals surface area contributed by atoms with Crippen LogP contribution in [0.1, 0.15) is 18.4 Å². The van der Waals surface area contributed by atoms with Gasteiger partial charge in [-0.25, -0.2) is 4.79 Å². The second-order valence-electron chi connectivity index (χ2n) is 6.83. The molecule has 0 radical (unpaired) electrons. The van der Waals surface area contributed by atoms with E-state index in [9.17, 15) is 19.7 Å². The number of nitro benzene ring substituents is 1. The minimum absolute atomic E-state index is 0.0368. The molecule has 1 aliphatic heterocycles. The molecule has 1 fully saturated rings. The molecule has 0 aliphatic carbocycles. The van der Waals surface area contributed by atoms with Crippen molar-refractivity contribution in [2.45, 2.75) is 19.8 Å². The number of hydrogen-bond donors (Lipinski definition) is 2. The van der Waals surface area contributed by atoms with Gasteiger partial charge in [-0.05, 0) is 38.0 Å². The fourth-order valence-electron chi connectivity index (χ4n) is 3.23. The molecule has 28 heavy (non-hydrogen) atoms. The molecule has 1 atom stereocenters. The smallest absolute Gasteiger partial charge is 0.321 e. The summed E-state index contributed by atoms with van der Waals surface area (Å²) < 4.78 is 0. The number of anilines is 2. The van der Waals surface area contributed by atoms with Gasteiger partial charge < -0.3 is 15.5 Å². The number of urea groups is 1. The predicted octanol–water partition coefficient (Wildman–Crippen LogP) is 3.79. The fourth-order valence-corrected chi connectivity index (χ4v) is 3.23. The monoisotopic (exact) mass is 382 g/mol. The van der Waals surface area contributed by atoms with Gasteiger partial charge in [0.25, 0.3) is 5.69 Å². The quantitative estimate of drug-likeness (QED) is 0.620. The van der Waals surface area contributed by atoms with Gasteiger partial charge in [0.05, 0.1) is 10.8 Å². The van der Waals surface area contributed by atoms with Crippen molar-refractivity contribution < 1.29 is 14.5 Å². The predicted molar refractivity (Wildman–Crippen MR) is 106 cm³/mol. The minimum atomic E-state index is -0.471. The molecule has 1 heterocycles. The van der Waals surface area contributed by atoms with Gasteiger partial charge in [-0.3, -0.25) is 14.9 Å². The molecule has 8 nitrogen and oxygen atoms in total. The lowest BCUT2D eigenvalue weighted by molar-refractivity contribution is -0.385. The third kappa shape index (κ3) is 4.64. The van der Waals surface area contributed by atoms with Crippen LogP contribution in [0.5, 0.6) is 0 Å². The molecule has 2 aromatic rings. The zero-order chi connectivity index (χ0) is 20.1.